The Balaban J connectivity index is 3.36. The number of ether oxygens (including phenoxy) is 1. The van der Waals surface area contributed by atoms with E-state index in [1.54, 1.807) is 0 Å². The molecule has 18 heavy (non-hydrogen) atoms. The van der Waals surface area contributed by atoms with Crippen molar-refractivity contribution in [3.8, 4) is 0 Å². The van der Waals surface area contributed by atoms with Crippen molar-refractivity contribution >= 4 is 31.7 Å². The molecule has 0 spiro atoms. The molecule has 1 aromatic carbocycles. The van der Waals surface area contributed by atoms with Crippen LogP contribution in [0.2, 0.25) is 0 Å². The zero-order valence-electron chi connectivity index (χ0n) is 9.48. The molecule has 1 unspecified atom stereocenters. The lowest BCUT2D eigenvalue weighted by molar-refractivity contribution is -0.150. The van der Waals surface area contributed by atoms with Gasteiger partial charge in [0.15, 0.2) is 15.9 Å². The number of esters is 1. The number of benzene rings is 1. The summed E-state index contributed by atoms with van der Waals surface area (Å²) in [5.74, 6) is -2.02. The Morgan fingerprint density at radius 2 is 2.06 bits per heavy atom. The zero-order chi connectivity index (χ0) is 14.1. The van der Waals surface area contributed by atoms with Gasteiger partial charge >= 0.3 is 5.97 Å². The van der Waals surface area contributed by atoms with Crippen LogP contribution < -0.4 is 0 Å². The summed E-state index contributed by atoms with van der Waals surface area (Å²) in [6, 6.07) is 1.93. The number of rotatable bonds is 3. The first-order valence-corrected chi connectivity index (χ1v) is 7.31. The van der Waals surface area contributed by atoms with Crippen molar-refractivity contribution in [2.75, 3.05) is 13.4 Å². The highest BCUT2D eigenvalue weighted by molar-refractivity contribution is 9.10. The molecular formula is C10H10BrFO5S. The Hall–Kier alpha value is -0.990. The summed E-state index contributed by atoms with van der Waals surface area (Å²) < 4.78 is 40.5. The van der Waals surface area contributed by atoms with Crippen LogP contribution in [0, 0.1) is 5.82 Å². The summed E-state index contributed by atoms with van der Waals surface area (Å²) in [7, 11) is -2.68. The van der Waals surface area contributed by atoms with Gasteiger partial charge in [-0.05, 0) is 33.6 Å². The second kappa shape index (κ2) is 5.33. The normalized spacial score (nSPS) is 13.2. The van der Waals surface area contributed by atoms with E-state index < -0.39 is 32.6 Å². The fourth-order valence-corrected chi connectivity index (χ4v) is 3.50. The summed E-state index contributed by atoms with van der Waals surface area (Å²) in [5, 5.41) is 9.52. The minimum absolute atomic E-state index is 0.0667. The predicted octanol–water partition coefficient (Wildman–Crippen LogP) is 1.20. The molecule has 0 aliphatic carbocycles. The number of aliphatic hydroxyl groups is 1. The van der Waals surface area contributed by atoms with Crippen molar-refractivity contribution in [3.63, 3.8) is 0 Å². The summed E-state index contributed by atoms with van der Waals surface area (Å²) in [4.78, 5) is 10.6. The molecule has 1 atom stereocenters. The Labute approximate surface area is 112 Å². The number of carbonyl (C=O) groups is 1. The number of methoxy groups -OCH3 is 1. The average molecular weight is 341 g/mol. The molecule has 1 aromatic rings. The lowest BCUT2D eigenvalue weighted by Crippen LogP contribution is -2.14. The highest BCUT2D eigenvalue weighted by Crippen LogP contribution is 2.29. The third-order valence-corrected chi connectivity index (χ3v) is 4.18. The smallest absolute Gasteiger partial charge is 0.339 e. The standard InChI is InChI=1S/C10H10BrFO5S/c1-17-10(14)8(13)5-3-6(11)9(7(12)4-5)18(2,15)16/h3-4,8,13H,1-2H3. The topological polar surface area (TPSA) is 80.7 Å². The number of aliphatic hydroxyl groups excluding tert-OH is 1. The molecule has 1 rings (SSSR count). The number of halogens is 2. The van der Waals surface area contributed by atoms with E-state index in [4.69, 9.17) is 0 Å². The van der Waals surface area contributed by atoms with Gasteiger partial charge < -0.3 is 9.84 Å². The molecule has 0 saturated heterocycles. The van der Waals surface area contributed by atoms with Crippen LogP contribution >= 0.6 is 15.9 Å². The Morgan fingerprint density at radius 3 is 2.44 bits per heavy atom. The molecule has 0 heterocycles. The molecule has 5 nitrogen and oxygen atoms in total. The SMILES string of the molecule is COC(=O)C(O)c1cc(F)c(S(C)(=O)=O)c(Br)c1. The molecule has 0 radical (unpaired) electrons. The summed E-state index contributed by atoms with van der Waals surface area (Å²) in [6.45, 7) is 0. The molecule has 100 valence electrons. The highest BCUT2D eigenvalue weighted by atomic mass is 79.9. The first-order chi connectivity index (χ1) is 8.18. The van der Waals surface area contributed by atoms with Crippen molar-refractivity contribution in [2.24, 2.45) is 0 Å². The third kappa shape index (κ3) is 3.06. The van der Waals surface area contributed by atoms with Crippen molar-refractivity contribution < 1.29 is 27.4 Å². The molecule has 0 amide bonds. The average Bonchev–Trinajstić information content (AvgIpc) is 2.23. The quantitative estimate of drug-likeness (QED) is 0.836. The van der Waals surface area contributed by atoms with Crippen LogP contribution in [-0.2, 0) is 19.4 Å². The molecule has 0 aromatic heterocycles. The molecule has 8 heteroatoms. The van der Waals surface area contributed by atoms with E-state index in [0.29, 0.717) is 0 Å². The van der Waals surface area contributed by atoms with Crippen molar-refractivity contribution in [1.82, 2.24) is 0 Å². The van der Waals surface area contributed by atoms with Gasteiger partial charge in [-0.25, -0.2) is 17.6 Å². The Morgan fingerprint density at radius 1 is 1.50 bits per heavy atom. The molecule has 1 N–H and O–H groups in total. The number of hydrogen-bond acceptors (Lipinski definition) is 5. The maximum atomic E-state index is 13.7. The van der Waals surface area contributed by atoms with Crippen LogP contribution in [0.15, 0.2) is 21.5 Å². The summed E-state index contributed by atoms with van der Waals surface area (Å²) in [5.41, 5.74) is -0.0985. The van der Waals surface area contributed by atoms with Crippen LogP contribution in [0.25, 0.3) is 0 Å². The van der Waals surface area contributed by atoms with E-state index in [0.717, 1.165) is 25.5 Å². The van der Waals surface area contributed by atoms with Gasteiger partial charge in [0, 0.05) is 10.7 Å². The Kier molecular flexibility index (Phi) is 4.46. The highest BCUT2D eigenvalue weighted by Gasteiger charge is 2.24. The van der Waals surface area contributed by atoms with Crippen LogP contribution in [0.1, 0.15) is 11.7 Å². The molecule has 0 fully saturated rings. The third-order valence-electron chi connectivity index (χ3n) is 2.13. The maximum absolute atomic E-state index is 13.7. The van der Waals surface area contributed by atoms with Crippen LogP contribution in [-0.4, -0.2) is 32.9 Å². The van der Waals surface area contributed by atoms with E-state index in [1.807, 2.05) is 0 Å². The molecule has 0 bridgehead atoms. The molecule has 0 aliphatic rings. The first-order valence-electron chi connectivity index (χ1n) is 4.63. The van der Waals surface area contributed by atoms with Gasteiger partial charge in [-0.1, -0.05) is 0 Å². The van der Waals surface area contributed by atoms with E-state index in [2.05, 4.69) is 20.7 Å². The van der Waals surface area contributed by atoms with Crippen molar-refractivity contribution in [3.05, 3.63) is 28.0 Å². The molecule has 0 aliphatic heterocycles. The van der Waals surface area contributed by atoms with E-state index in [1.165, 1.54) is 0 Å². The van der Waals surface area contributed by atoms with Gasteiger partial charge in [-0.15, -0.1) is 0 Å². The van der Waals surface area contributed by atoms with Crippen LogP contribution in [0.3, 0.4) is 0 Å². The van der Waals surface area contributed by atoms with Gasteiger partial charge in [0.1, 0.15) is 10.7 Å². The number of hydrogen-bond donors (Lipinski definition) is 1. The maximum Gasteiger partial charge on any atom is 0.339 e. The lowest BCUT2D eigenvalue weighted by atomic mass is 10.1. The van der Waals surface area contributed by atoms with E-state index >= 15 is 0 Å². The van der Waals surface area contributed by atoms with Gasteiger partial charge in [0.25, 0.3) is 0 Å². The molecule has 0 saturated carbocycles. The van der Waals surface area contributed by atoms with Crippen molar-refractivity contribution in [2.45, 2.75) is 11.0 Å². The number of carbonyl (C=O) groups excluding carboxylic acids is 1. The van der Waals surface area contributed by atoms with E-state index in [9.17, 15) is 22.7 Å². The zero-order valence-corrected chi connectivity index (χ0v) is 11.9. The van der Waals surface area contributed by atoms with Gasteiger partial charge in [-0.3, -0.25) is 0 Å². The summed E-state index contributed by atoms with van der Waals surface area (Å²) in [6.07, 6.45) is -0.818. The molecular weight excluding hydrogens is 331 g/mol. The monoisotopic (exact) mass is 340 g/mol. The lowest BCUT2D eigenvalue weighted by Gasteiger charge is -2.11. The number of sulfone groups is 1. The van der Waals surface area contributed by atoms with Gasteiger partial charge in [0.2, 0.25) is 0 Å². The van der Waals surface area contributed by atoms with Crippen LogP contribution in [0.4, 0.5) is 4.39 Å². The van der Waals surface area contributed by atoms with Gasteiger partial charge in [-0.2, -0.15) is 0 Å². The van der Waals surface area contributed by atoms with E-state index in [-0.39, 0.29) is 10.0 Å². The summed E-state index contributed by atoms with van der Waals surface area (Å²) >= 11 is 2.89. The minimum Gasteiger partial charge on any atom is -0.467 e. The fourth-order valence-electron chi connectivity index (χ4n) is 1.34. The van der Waals surface area contributed by atoms with Crippen molar-refractivity contribution in [1.29, 1.82) is 0 Å². The second-order valence-electron chi connectivity index (χ2n) is 3.51. The fraction of sp³-hybridized carbons (Fsp3) is 0.300. The van der Waals surface area contributed by atoms with Gasteiger partial charge in [0.05, 0.1) is 7.11 Å². The minimum atomic E-state index is -3.75. The largest absolute Gasteiger partial charge is 0.467 e. The second-order valence-corrected chi connectivity index (χ2v) is 6.32. The Bertz CT molecular complexity index is 561. The first kappa shape index (κ1) is 15.1. The predicted molar refractivity (Wildman–Crippen MR) is 64.2 cm³/mol. The van der Waals surface area contributed by atoms with Crippen LogP contribution in [0.5, 0.6) is 0 Å².